The Morgan fingerprint density at radius 1 is 0.941 bits per heavy atom. The largest absolute Gasteiger partial charge is 0.450 e. The van der Waals surface area contributed by atoms with Crippen molar-refractivity contribution < 1.29 is 19.2 Å². The van der Waals surface area contributed by atoms with Crippen molar-refractivity contribution in [3.63, 3.8) is 0 Å². The molecule has 0 fully saturated rings. The van der Waals surface area contributed by atoms with Crippen LogP contribution in [0.2, 0.25) is 0 Å². The number of thioether (sulfide) groups is 1. The Bertz CT molecular complexity index is 1230. The lowest BCUT2D eigenvalue weighted by atomic mass is 10.0. The van der Waals surface area contributed by atoms with Gasteiger partial charge >= 0.3 is 5.97 Å². The van der Waals surface area contributed by atoms with E-state index in [1.165, 1.54) is 11.3 Å². The van der Waals surface area contributed by atoms with Gasteiger partial charge in [0.1, 0.15) is 6.21 Å². The fourth-order valence-corrected chi connectivity index (χ4v) is 4.87. The minimum absolute atomic E-state index is 0.352. The summed E-state index contributed by atoms with van der Waals surface area (Å²) in [4.78, 5) is 35.0. The number of para-hydroxylation sites is 1. The van der Waals surface area contributed by atoms with E-state index in [0.717, 1.165) is 39.3 Å². The summed E-state index contributed by atoms with van der Waals surface area (Å²) >= 11 is 2.38. The van der Waals surface area contributed by atoms with Gasteiger partial charge in [-0.25, -0.2) is 9.78 Å². The summed E-state index contributed by atoms with van der Waals surface area (Å²) < 4.78 is 7.45. The van der Waals surface area contributed by atoms with Gasteiger partial charge in [-0.3, -0.25) is 4.79 Å². The first-order valence-electron chi connectivity index (χ1n) is 10.5. The number of ether oxygens (including phenoxy) is 1. The van der Waals surface area contributed by atoms with Crippen molar-refractivity contribution in [2.75, 3.05) is 0 Å². The van der Waals surface area contributed by atoms with Gasteiger partial charge in [-0.15, -0.1) is 11.3 Å². The standard InChI is InChI=1S/C26H22N2O4S2/c1-26(2,32-27-17-22(29)34-25-28-20-15-9-10-16-21(20)33-25)24(30)31-23(18-11-5-3-6-12-18)19-13-7-4-8-14-19/h3-17,23H,1-2H3. The van der Waals surface area contributed by atoms with E-state index in [1.807, 2.05) is 84.9 Å². The molecular formula is C26H22N2O4S2. The fourth-order valence-electron chi connectivity index (χ4n) is 3.08. The Kier molecular flexibility index (Phi) is 7.40. The third kappa shape index (κ3) is 5.89. The molecule has 172 valence electrons. The van der Waals surface area contributed by atoms with Gasteiger partial charge in [-0.05, 0) is 48.9 Å². The SMILES string of the molecule is CC(C)(ON=CC(=O)Sc1nc2ccccc2s1)C(=O)OC(c1ccccc1)c1ccccc1. The van der Waals surface area contributed by atoms with Crippen molar-refractivity contribution in [1.82, 2.24) is 4.98 Å². The van der Waals surface area contributed by atoms with Gasteiger partial charge in [0.15, 0.2) is 10.4 Å². The Balaban J connectivity index is 1.39. The zero-order chi connectivity index (χ0) is 24.0. The summed E-state index contributed by atoms with van der Waals surface area (Å²) in [6.07, 6.45) is 0.440. The second kappa shape index (κ2) is 10.6. The van der Waals surface area contributed by atoms with Crippen molar-refractivity contribution in [1.29, 1.82) is 0 Å². The van der Waals surface area contributed by atoms with Gasteiger partial charge < -0.3 is 9.57 Å². The molecule has 8 heteroatoms. The summed E-state index contributed by atoms with van der Waals surface area (Å²) in [5.41, 5.74) is 1.11. The molecule has 0 saturated heterocycles. The van der Waals surface area contributed by atoms with Crippen LogP contribution in [0, 0.1) is 0 Å². The molecule has 0 bridgehead atoms. The van der Waals surface area contributed by atoms with Crippen LogP contribution in [-0.2, 0) is 19.2 Å². The minimum Gasteiger partial charge on any atom is -0.450 e. The predicted octanol–water partition coefficient (Wildman–Crippen LogP) is 6.03. The normalized spacial score (nSPS) is 11.7. The van der Waals surface area contributed by atoms with Crippen LogP contribution in [0.4, 0.5) is 0 Å². The Morgan fingerprint density at radius 3 is 2.15 bits per heavy atom. The molecular weight excluding hydrogens is 468 g/mol. The molecule has 1 heterocycles. The van der Waals surface area contributed by atoms with Crippen LogP contribution in [0.1, 0.15) is 31.1 Å². The molecule has 0 aliphatic rings. The van der Waals surface area contributed by atoms with E-state index in [-0.39, 0.29) is 5.12 Å². The van der Waals surface area contributed by atoms with Crippen LogP contribution < -0.4 is 0 Å². The van der Waals surface area contributed by atoms with Gasteiger partial charge in [0.25, 0.3) is 0 Å². The van der Waals surface area contributed by atoms with Crippen LogP contribution in [0.15, 0.2) is 94.4 Å². The Labute approximate surface area is 205 Å². The second-order valence-corrected chi connectivity index (χ2v) is 10.1. The lowest BCUT2D eigenvalue weighted by molar-refractivity contribution is -0.172. The molecule has 4 rings (SSSR count). The molecule has 0 aliphatic carbocycles. The first kappa shape index (κ1) is 23.7. The van der Waals surface area contributed by atoms with E-state index in [4.69, 9.17) is 9.57 Å². The molecule has 0 aliphatic heterocycles. The highest BCUT2D eigenvalue weighted by atomic mass is 32.2. The monoisotopic (exact) mass is 490 g/mol. The molecule has 0 N–H and O–H groups in total. The molecule has 0 spiro atoms. The minimum atomic E-state index is -1.40. The summed E-state index contributed by atoms with van der Waals surface area (Å²) in [5.74, 6) is -0.603. The number of aromatic nitrogens is 1. The third-order valence-electron chi connectivity index (χ3n) is 4.82. The lowest BCUT2D eigenvalue weighted by Crippen LogP contribution is -2.36. The van der Waals surface area contributed by atoms with Gasteiger partial charge in [0.2, 0.25) is 10.7 Å². The lowest BCUT2D eigenvalue weighted by Gasteiger charge is -2.25. The predicted molar refractivity (Wildman–Crippen MR) is 135 cm³/mol. The topological polar surface area (TPSA) is 77.9 Å². The number of rotatable bonds is 8. The van der Waals surface area contributed by atoms with E-state index < -0.39 is 17.7 Å². The number of thiazole rings is 1. The number of benzene rings is 3. The van der Waals surface area contributed by atoms with Crippen molar-refractivity contribution in [3.8, 4) is 0 Å². The smallest absolute Gasteiger partial charge is 0.353 e. The maximum Gasteiger partial charge on any atom is 0.353 e. The van der Waals surface area contributed by atoms with Crippen molar-refractivity contribution in [2.24, 2.45) is 5.16 Å². The maximum atomic E-state index is 13.0. The number of nitrogens with zero attached hydrogens (tertiary/aromatic N) is 2. The highest BCUT2D eigenvalue weighted by molar-refractivity contribution is 8.16. The van der Waals surface area contributed by atoms with Crippen LogP contribution in [0.25, 0.3) is 10.2 Å². The average molecular weight is 491 g/mol. The molecule has 0 atom stereocenters. The van der Waals surface area contributed by atoms with Crippen molar-refractivity contribution >= 4 is 50.6 Å². The third-order valence-corrected chi connectivity index (χ3v) is 6.73. The number of hydrogen-bond donors (Lipinski definition) is 0. The van der Waals surface area contributed by atoms with Gasteiger partial charge in [-0.2, -0.15) is 0 Å². The van der Waals surface area contributed by atoms with E-state index in [1.54, 1.807) is 13.8 Å². The molecule has 0 radical (unpaired) electrons. The number of carbonyl (C=O) groups is 2. The highest BCUT2D eigenvalue weighted by Gasteiger charge is 2.35. The molecule has 1 aromatic heterocycles. The number of esters is 1. The summed E-state index contributed by atoms with van der Waals surface area (Å²) in [5, 5.41) is 3.40. The molecule has 0 saturated carbocycles. The molecule has 3 aromatic carbocycles. The van der Waals surface area contributed by atoms with E-state index in [2.05, 4.69) is 10.1 Å². The second-order valence-electron chi connectivity index (χ2n) is 7.81. The quantitative estimate of drug-likeness (QED) is 0.130. The van der Waals surface area contributed by atoms with E-state index >= 15 is 0 Å². The maximum absolute atomic E-state index is 13.0. The van der Waals surface area contributed by atoms with Crippen LogP contribution in [0.5, 0.6) is 0 Å². The number of carbonyl (C=O) groups excluding carboxylic acids is 2. The number of oxime groups is 1. The molecule has 6 nitrogen and oxygen atoms in total. The number of fused-ring (bicyclic) bond motifs is 1. The molecule has 4 aromatic rings. The zero-order valence-corrected chi connectivity index (χ0v) is 20.2. The molecule has 34 heavy (non-hydrogen) atoms. The first-order valence-corrected chi connectivity index (χ1v) is 12.2. The Hall–Kier alpha value is -3.49. The average Bonchev–Trinajstić information content (AvgIpc) is 3.25. The Morgan fingerprint density at radius 2 is 1.53 bits per heavy atom. The first-order chi connectivity index (χ1) is 16.4. The summed E-state index contributed by atoms with van der Waals surface area (Å²) in [6.45, 7) is 3.09. The highest BCUT2D eigenvalue weighted by Crippen LogP contribution is 2.30. The van der Waals surface area contributed by atoms with Crippen molar-refractivity contribution in [3.05, 3.63) is 96.1 Å². The number of hydrogen-bond acceptors (Lipinski definition) is 8. The fraction of sp³-hybridized carbons (Fsp3) is 0.154. The van der Waals surface area contributed by atoms with Gasteiger partial charge in [0.05, 0.1) is 10.2 Å². The van der Waals surface area contributed by atoms with Crippen LogP contribution in [-0.4, -0.2) is 27.9 Å². The summed E-state index contributed by atoms with van der Waals surface area (Å²) in [6, 6.07) is 26.6. The summed E-state index contributed by atoms with van der Waals surface area (Å²) in [7, 11) is 0. The van der Waals surface area contributed by atoms with E-state index in [9.17, 15) is 9.59 Å². The van der Waals surface area contributed by atoms with Gasteiger partial charge in [-0.1, -0.05) is 78.0 Å². The molecule has 0 amide bonds. The van der Waals surface area contributed by atoms with E-state index in [0.29, 0.717) is 4.34 Å². The van der Waals surface area contributed by atoms with Crippen LogP contribution >= 0.6 is 23.1 Å². The van der Waals surface area contributed by atoms with Crippen molar-refractivity contribution in [2.45, 2.75) is 29.9 Å². The van der Waals surface area contributed by atoms with Crippen LogP contribution in [0.3, 0.4) is 0 Å². The van der Waals surface area contributed by atoms with Gasteiger partial charge in [0, 0.05) is 0 Å². The zero-order valence-electron chi connectivity index (χ0n) is 18.6. The molecule has 0 unspecified atom stereocenters.